The maximum Gasteiger partial charge on any atom is 0.0133 e. The molecular weight excluding hydrogens is 132 g/mol. The third-order valence-corrected chi connectivity index (χ3v) is 3.57. The van der Waals surface area contributed by atoms with Crippen molar-refractivity contribution in [1.29, 1.82) is 0 Å². The van der Waals surface area contributed by atoms with Crippen LogP contribution in [-0.2, 0) is 0 Å². The van der Waals surface area contributed by atoms with E-state index in [-0.39, 0.29) is 0 Å². The first kappa shape index (κ1) is 5.82. The van der Waals surface area contributed by atoms with Crippen molar-refractivity contribution in [2.45, 2.75) is 19.3 Å². The average molecular weight is 144 g/mol. The molecule has 0 bridgehead atoms. The van der Waals surface area contributed by atoms with Gasteiger partial charge >= 0.3 is 0 Å². The van der Waals surface area contributed by atoms with E-state index < -0.39 is 0 Å². The fourth-order valence-corrected chi connectivity index (χ4v) is 2.74. The van der Waals surface area contributed by atoms with E-state index in [0.29, 0.717) is 10.8 Å². The Morgan fingerprint density at radius 3 is 2.82 bits per heavy atom. The molecule has 3 rings (SSSR count). The smallest absolute Gasteiger partial charge is 0.0133 e. The minimum absolute atomic E-state index is 0.497. The number of hydrogen-bond donors (Lipinski definition) is 0. The van der Waals surface area contributed by atoms with Gasteiger partial charge in [-0.1, -0.05) is 36.5 Å². The monoisotopic (exact) mass is 144 g/mol. The molecule has 1 saturated carbocycles. The van der Waals surface area contributed by atoms with Crippen LogP contribution in [0.5, 0.6) is 0 Å². The van der Waals surface area contributed by atoms with Gasteiger partial charge in [0.2, 0.25) is 0 Å². The van der Waals surface area contributed by atoms with E-state index in [1.165, 1.54) is 19.3 Å². The van der Waals surface area contributed by atoms with Gasteiger partial charge in [0, 0.05) is 5.41 Å². The van der Waals surface area contributed by atoms with Gasteiger partial charge in [-0.05, 0) is 24.7 Å². The van der Waals surface area contributed by atoms with Crippen molar-refractivity contribution in [1.82, 2.24) is 0 Å². The van der Waals surface area contributed by atoms with Crippen molar-refractivity contribution in [2.75, 3.05) is 0 Å². The van der Waals surface area contributed by atoms with Gasteiger partial charge in [0.1, 0.15) is 0 Å². The molecular formula is C11H12. The van der Waals surface area contributed by atoms with Crippen LogP contribution in [-0.4, -0.2) is 0 Å². The van der Waals surface area contributed by atoms with Crippen molar-refractivity contribution in [3.05, 3.63) is 36.5 Å². The third-order valence-electron chi connectivity index (χ3n) is 3.57. The highest BCUT2D eigenvalue weighted by molar-refractivity contribution is 5.40. The summed E-state index contributed by atoms with van der Waals surface area (Å²) < 4.78 is 0. The summed E-state index contributed by atoms with van der Waals surface area (Å²) >= 11 is 0. The molecule has 1 fully saturated rings. The second-order valence-electron chi connectivity index (χ2n) is 4.10. The summed E-state index contributed by atoms with van der Waals surface area (Å²) in [6.07, 6.45) is 17.9. The Balaban J connectivity index is 2.09. The van der Waals surface area contributed by atoms with Crippen molar-refractivity contribution in [2.24, 2.45) is 10.8 Å². The Hall–Kier alpha value is -0.780. The Morgan fingerprint density at radius 2 is 1.82 bits per heavy atom. The van der Waals surface area contributed by atoms with Gasteiger partial charge in [-0.3, -0.25) is 0 Å². The maximum absolute atomic E-state index is 2.41. The molecule has 2 atom stereocenters. The van der Waals surface area contributed by atoms with Crippen LogP contribution in [0.2, 0.25) is 0 Å². The Bertz CT molecular complexity index is 282. The molecule has 0 spiro atoms. The Kier molecular flexibility index (Phi) is 0.806. The van der Waals surface area contributed by atoms with Crippen LogP contribution in [0.25, 0.3) is 0 Å². The Morgan fingerprint density at radius 1 is 0.909 bits per heavy atom. The molecule has 56 valence electrons. The molecule has 11 heavy (non-hydrogen) atoms. The lowest BCUT2D eigenvalue weighted by atomic mass is 9.93. The average Bonchev–Trinajstić information content (AvgIpc) is 2.51. The molecule has 0 heteroatoms. The van der Waals surface area contributed by atoms with Crippen molar-refractivity contribution < 1.29 is 0 Å². The predicted octanol–water partition coefficient (Wildman–Crippen LogP) is 2.84. The van der Waals surface area contributed by atoms with Crippen LogP contribution in [0, 0.1) is 10.8 Å². The van der Waals surface area contributed by atoms with E-state index in [2.05, 4.69) is 36.5 Å². The van der Waals surface area contributed by atoms with Crippen LogP contribution in [0.3, 0.4) is 0 Å². The molecule has 0 amide bonds. The van der Waals surface area contributed by atoms with Gasteiger partial charge in [0.25, 0.3) is 0 Å². The van der Waals surface area contributed by atoms with Crippen molar-refractivity contribution >= 4 is 0 Å². The molecule has 0 heterocycles. The highest BCUT2D eigenvalue weighted by atomic mass is 14.7. The molecule has 0 nitrogen and oxygen atoms in total. The van der Waals surface area contributed by atoms with Crippen LogP contribution in [0.1, 0.15) is 19.3 Å². The molecule has 0 aromatic heterocycles. The fourth-order valence-electron chi connectivity index (χ4n) is 2.74. The van der Waals surface area contributed by atoms with E-state index in [1.807, 2.05) is 0 Å². The zero-order chi connectivity index (χ0) is 7.36. The summed E-state index contributed by atoms with van der Waals surface area (Å²) in [6.45, 7) is 0. The number of hydrogen-bond acceptors (Lipinski definition) is 0. The Labute approximate surface area is 67.3 Å². The largest absolute Gasteiger partial charge is 0.0870 e. The SMILES string of the molecule is C1=CC[C@]23CC=C[C@@]2(C=C1)C3. The summed E-state index contributed by atoms with van der Waals surface area (Å²) in [5.74, 6) is 0. The molecule has 0 aliphatic heterocycles. The van der Waals surface area contributed by atoms with Crippen LogP contribution < -0.4 is 0 Å². The molecule has 0 unspecified atom stereocenters. The summed E-state index contributed by atoms with van der Waals surface area (Å²) in [5.41, 5.74) is 1.13. The fraction of sp³-hybridized carbons (Fsp3) is 0.455. The summed E-state index contributed by atoms with van der Waals surface area (Å²) in [5, 5.41) is 0. The standard InChI is InChI=1S/C11H12/c1-2-5-10-7-4-8-11(10,9-10)6-3-1/h1-5,7H,6,8-9H2/t10-,11+/m0/s1. The van der Waals surface area contributed by atoms with Gasteiger partial charge in [-0.25, -0.2) is 0 Å². The minimum atomic E-state index is 0.497. The zero-order valence-corrected chi connectivity index (χ0v) is 6.59. The second kappa shape index (κ2) is 1.52. The summed E-state index contributed by atoms with van der Waals surface area (Å²) in [7, 11) is 0. The number of rotatable bonds is 0. The number of allylic oxidation sites excluding steroid dienone is 6. The molecule has 3 aliphatic carbocycles. The van der Waals surface area contributed by atoms with Crippen molar-refractivity contribution in [3.8, 4) is 0 Å². The lowest BCUT2D eigenvalue weighted by Crippen LogP contribution is -2.02. The third kappa shape index (κ3) is 0.526. The molecule has 0 radical (unpaired) electrons. The minimum Gasteiger partial charge on any atom is -0.0870 e. The molecule has 0 aromatic rings. The predicted molar refractivity (Wildman–Crippen MR) is 46.1 cm³/mol. The second-order valence-corrected chi connectivity index (χ2v) is 4.10. The first-order chi connectivity index (χ1) is 5.37. The molecule has 0 N–H and O–H groups in total. The summed E-state index contributed by atoms with van der Waals surface area (Å²) in [6, 6.07) is 0. The molecule has 0 aromatic carbocycles. The lowest BCUT2D eigenvalue weighted by Gasteiger charge is -2.10. The highest BCUT2D eigenvalue weighted by Gasteiger charge is 2.64. The van der Waals surface area contributed by atoms with E-state index in [1.54, 1.807) is 0 Å². The van der Waals surface area contributed by atoms with E-state index in [0.717, 1.165) is 0 Å². The van der Waals surface area contributed by atoms with Crippen LogP contribution >= 0.6 is 0 Å². The first-order valence-electron chi connectivity index (χ1n) is 4.39. The van der Waals surface area contributed by atoms with Gasteiger partial charge < -0.3 is 0 Å². The highest BCUT2D eigenvalue weighted by Crippen LogP contribution is 2.73. The molecule has 3 aliphatic rings. The molecule has 0 saturated heterocycles. The van der Waals surface area contributed by atoms with Crippen LogP contribution in [0.15, 0.2) is 36.5 Å². The van der Waals surface area contributed by atoms with Gasteiger partial charge in [0.05, 0.1) is 0 Å². The normalized spacial score (nSPS) is 50.2. The van der Waals surface area contributed by atoms with Crippen molar-refractivity contribution in [3.63, 3.8) is 0 Å². The summed E-state index contributed by atoms with van der Waals surface area (Å²) in [4.78, 5) is 0. The first-order valence-corrected chi connectivity index (χ1v) is 4.39. The van der Waals surface area contributed by atoms with E-state index in [4.69, 9.17) is 0 Å². The zero-order valence-electron chi connectivity index (χ0n) is 6.59. The maximum atomic E-state index is 2.41. The van der Waals surface area contributed by atoms with Gasteiger partial charge in [-0.15, -0.1) is 0 Å². The van der Waals surface area contributed by atoms with E-state index >= 15 is 0 Å². The van der Waals surface area contributed by atoms with Gasteiger partial charge in [-0.2, -0.15) is 0 Å². The van der Waals surface area contributed by atoms with Gasteiger partial charge in [0.15, 0.2) is 0 Å². The topological polar surface area (TPSA) is 0 Å². The lowest BCUT2D eigenvalue weighted by molar-refractivity contribution is 0.477. The van der Waals surface area contributed by atoms with E-state index in [9.17, 15) is 0 Å². The van der Waals surface area contributed by atoms with Crippen LogP contribution in [0.4, 0.5) is 0 Å². The quantitative estimate of drug-likeness (QED) is 0.458.